The minimum Gasteiger partial charge on any atom is -0.390 e. The SMILES string of the molecule is C=CC1=C(CC)CC(NCC(O)CNC(=O)c2ccc(C(=O)N3CCOC(C)(C)C3)cc2)C1. The third-order valence-electron chi connectivity index (χ3n) is 6.33. The molecule has 2 unspecified atom stereocenters. The second kappa shape index (κ2) is 11.1. The number of carbonyl (C=O) groups excluding carboxylic acids is 2. The largest absolute Gasteiger partial charge is 0.390 e. The summed E-state index contributed by atoms with van der Waals surface area (Å²) in [5.41, 5.74) is 3.37. The first-order valence-electron chi connectivity index (χ1n) is 11.8. The van der Waals surface area contributed by atoms with Crippen LogP contribution in [0.1, 0.15) is 60.7 Å². The molecule has 33 heavy (non-hydrogen) atoms. The Morgan fingerprint density at radius 2 is 1.94 bits per heavy atom. The predicted molar refractivity (Wildman–Crippen MR) is 129 cm³/mol. The summed E-state index contributed by atoms with van der Waals surface area (Å²) in [7, 11) is 0. The van der Waals surface area contributed by atoms with Gasteiger partial charge in [0.05, 0.1) is 18.3 Å². The highest BCUT2D eigenvalue weighted by molar-refractivity contribution is 5.97. The third kappa shape index (κ3) is 6.76. The summed E-state index contributed by atoms with van der Waals surface area (Å²) in [5.74, 6) is -0.336. The topological polar surface area (TPSA) is 90.9 Å². The normalized spacial score (nSPS) is 21.1. The molecule has 7 heteroatoms. The van der Waals surface area contributed by atoms with Crippen LogP contribution in [0.5, 0.6) is 0 Å². The molecule has 0 spiro atoms. The number of benzene rings is 1. The molecule has 1 heterocycles. The first kappa shape index (κ1) is 25.1. The van der Waals surface area contributed by atoms with Crippen molar-refractivity contribution in [3.8, 4) is 0 Å². The minimum atomic E-state index is -0.683. The molecular formula is C26H37N3O4. The van der Waals surface area contributed by atoms with Crippen molar-refractivity contribution >= 4 is 11.8 Å². The van der Waals surface area contributed by atoms with E-state index in [0.717, 1.165) is 19.3 Å². The van der Waals surface area contributed by atoms with Crippen LogP contribution in [-0.2, 0) is 4.74 Å². The van der Waals surface area contributed by atoms with Gasteiger partial charge in [0, 0.05) is 43.3 Å². The summed E-state index contributed by atoms with van der Waals surface area (Å²) < 4.78 is 5.67. The van der Waals surface area contributed by atoms with Crippen molar-refractivity contribution in [2.24, 2.45) is 0 Å². The molecule has 0 saturated carbocycles. The van der Waals surface area contributed by atoms with Crippen LogP contribution in [0.2, 0.25) is 0 Å². The Balaban J connectivity index is 1.43. The van der Waals surface area contributed by atoms with Crippen LogP contribution in [0.4, 0.5) is 0 Å². The number of hydrogen-bond acceptors (Lipinski definition) is 5. The summed E-state index contributed by atoms with van der Waals surface area (Å²) in [4.78, 5) is 27.0. The Hall–Kier alpha value is -2.48. The smallest absolute Gasteiger partial charge is 0.254 e. The highest BCUT2D eigenvalue weighted by Gasteiger charge is 2.30. The lowest BCUT2D eigenvalue weighted by molar-refractivity contribution is -0.0764. The van der Waals surface area contributed by atoms with Crippen molar-refractivity contribution in [3.05, 3.63) is 59.2 Å². The molecule has 0 radical (unpaired) electrons. The van der Waals surface area contributed by atoms with Crippen LogP contribution in [0.15, 0.2) is 48.1 Å². The Labute approximate surface area is 196 Å². The van der Waals surface area contributed by atoms with Crippen molar-refractivity contribution in [3.63, 3.8) is 0 Å². The van der Waals surface area contributed by atoms with Gasteiger partial charge in [0.25, 0.3) is 11.8 Å². The van der Waals surface area contributed by atoms with Crippen LogP contribution < -0.4 is 10.6 Å². The van der Waals surface area contributed by atoms with Crippen LogP contribution >= 0.6 is 0 Å². The number of amides is 2. The molecule has 1 saturated heterocycles. The molecule has 2 atom stereocenters. The second-order valence-corrected chi connectivity index (χ2v) is 9.48. The molecule has 7 nitrogen and oxygen atoms in total. The standard InChI is InChI=1S/C26H37N3O4/c1-5-18-13-22(14-19(18)6-2)27-15-23(30)16-28-24(31)20-7-9-21(10-8-20)25(32)29-11-12-33-26(3,4)17-29/h5,7-10,22-23,27,30H,1,6,11-17H2,2-4H3,(H,28,31). The Morgan fingerprint density at radius 1 is 1.24 bits per heavy atom. The number of morpholine rings is 1. The number of nitrogens with one attached hydrogen (secondary N) is 2. The zero-order valence-electron chi connectivity index (χ0n) is 20.0. The number of allylic oxidation sites excluding steroid dienone is 1. The molecule has 1 aromatic rings. The van der Waals surface area contributed by atoms with Crippen molar-refractivity contribution in [2.75, 3.05) is 32.8 Å². The average molecular weight is 456 g/mol. The van der Waals surface area contributed by atoms with Crippen molar-refractivity contribution in [1.82, 2.24) is 15.5 Å². The van der Waals surface area contributed by atoms with E-state index >= 15 is 0 Å². The maximum atomic E-state index is 12.8. The van der Waals surface area contributed by atoms with Gasteiger partial charge in [0.15, 0.2) is 0 Å². The van der Waals surface area contributed by atoms with E-state index in [1.165, 1.54) is 11.1 Å². The summed E-state index contributed by atoms with van der Waals surface area (Å²) in [6.07, 6.45) is 4.17. The molecule has 3 N–H and O–H groups in total. The fourth-order valence-corrected chi connectivity index (χ4v) is 4.48. The molecule has 1 aliphatic heterocycles. The summed E-state index contributed by atoms with van der Waals surface area (Å²) in [5, 5.41) is 16.4. The Morgan fingerprint density at radius 3 is 2.55 bits per heavy atom. The first-order valence-corrected chi connectivity index (χ1v) is 11.8. The Bertz CT molecular complexity index is 891. The van der Waals surface area contributed by atoms with Gasteiger partial charge in [-0.05, 0) is 62.9 Å². The summed E-state index contributed by atoms with van der Waals surface area (Å²) >= 11 is 0. The molecule has 1 aromatic carbocycles. The molecule has 2 amide bonds. The monoisotopic (exact) mass is 455 g/mol. The van der Waals surface area contributed by atoms with Crippen LogP contribution in [0.3, 0.4) is 0 Å². The lowest BCUT2D eigenvalue weighted by Gasteiger charge is -2.38. The van der Waals surface area contributed by atoms with Crippen molar-refractivity contribution < 1.29 is 19.4 Å². The van der Waals surface area contributed by atoms with E-state index in [1.54, 1.807) is 29.2 Å². The Kier molecular flexibility index (Phi) is 8.46. The number of aliphatic hydroxyl groups is 1. The van der Waals surface area contributed by atoms with Gasteiger partial charge < -0.3 is 25.4 Å². The third-order valence-corrected chi connectivity index (χ3v) is 6.33. The van der Waals surface area contributed by atoms with E-state index in [4.69, 9.17) is 4.74 Å². The quantitative estimate of drug-likeness (QED) is 0.533. The van der Waals surface area contributed by atoms with Crippen LogP contribution in [-0.4, -0.2) is 72.4 Å². The van der Waals surface area contributed by atoms with Gasteiger partial charge in [-0.3, -0.25) is 9.59 Å². The lowest BCUT2D eigenvalue weighted by atomic mass is 10.1. The zero-order valence-corrected chi connectivity index (χ0v) is 20.0. The van der Waals surface area contributed by atoms with Crippen molar-refractivity contribution in [1.29, 1.82) is 0 Å². The molecule has 180 valence electrons. The van der Waals surface area contributed by atoms with Gasteiger partial charge in [-0.1, -0.05) is 25.2 Å². The molecule has 0 aromatic heterocycles. The fraction of sp³-hybridized carbons (Fsp3) is 0.538. The summed E-state index contributed by atoms with van der Waals surface area (Å²) in [6.45, 7) is 12.1. The lowest BCUT2D eigenvalue weighted by Crippen LogP contribution is -2.50. The molecule has 0 bridgehead atoms. The van der Waals surface area contributed by atoms with E-state index in [0.29, 0.717) is 43.4 Å². The molecule has 1 aliphatic carbocycles. The molecular weight excluding hydrogens is 418 g/mol. The van der Waals surface area contributed by atoms with Gasteiger partial charge in [0.2, 0.25) is 0 Å². The predicted octanol–water partition coefficient (Wildman–Crippen LogP) is 2.67. The van der Waals surface area contributed by atoms with E-state index in [1.807, 2.05) is 19.9 Å². The number of ether oxygens (including phenoxy) is 1. The number of aliphatic hydroxyl groups excluding tert-OH is 1. The molecule has 3 rings (SSSR count). The first-order chi connectivity index (χ1) is 15.7. The average Bonchev–Trinajstić information content (AvgIpc) is 3.22. The highest BCUT2D eigenvalue weighted by atomic mass is 16.5. The van der Waals surface area contributed by atoms with E-state index in [2.05, 4.69) is 24.1 Å². The van der Waals surface area contributed by atoms with Gasteiger partial charge in [-0.25, -0.2) is 0 Å². The van der Waals surface area contributed by atoms with Gasteiger partial charge in [-0.2, -0.15) is 0 Å². The fourth-order valence-electron chi connectivity index (χ4n) is 4.48. The van der Waals surface area contributed by atoms with Crippen LogP contribution in [0, 0.1) is 0 Å². The highest BCUT2D eigenvalue weighted by Crippen LogP contribution is 2.29. The second-order valence-electron chi connectivity index (χ2n) is 9.48. The van der Waals surface area contributed by atoms with E-state index in [-0.39, 0.29) is 24.0 Å². The van der Waals surface area contributed by atoms with Crippen LogP contribution in [0.25, 0.3) is 0 Å². The molecule has 2 aliphatic rings. The minimum absolute atomic E-state index is 0.0629. The van der Waals surface area contributed by atoms with Gasteiger partial charge in [-0.15, -0.1) is 0 Å². The van der Waals surface area contributed by atoms with E-state index < -0.39 is 6.10 Å². The number of rotatable bonds is 9. The summed E-state index contributed by atoms with van der Waals surface area (Å²) in [6, 6.07) is 6.94. The number of hydrogen-bond donors (Lipinski definition) is 3. The van der Waals surface area contributed by atoms with E-state index in [9.17, 15) is 14.7 Å². The maximum absolute atomic E-state index is 12.8. The number of nitrogens with zero attached hydrogens (tertiary/aromatic N) is 1. The van der Waals surface area contributed by atoms with Gasteiger partial charge >= 0.3 is 0 Å². The number of carbonyl (C=O) groups is 2. The zero-order chi connectivity index (χ0) is 24.0. The van der Waals surface area contributed by atoms with Crippen molar-refractivity contribution in [2.45, 2.75) is 57.8 Å². The van der Waals surface area contributed by atoms with Gasteiger partial charge in [0.1, 0.15) is 0 Å². The maximum Gasteiger partial charge on any atom is 0.254 e. The molecule has 1 fully saturated rings.